The molecule has 1 heterocycles. The molecule has 1 aliphatic heterocycles. The molecule has 1 saturated carbocycles. The van der Waals surface area contributed by atoms with Crippen molar-refractivity contribution in [2.75, 3.05) is 13.1 Å². The van der Waals surface area contributed by atoms with E-state index in [0.717, 1.165) is 13.1 Å². The van der Waals surface area contributed by atoms with Crippen LogP contribution in [0.4, 0.5) is 0 Å². The molecule has 1 spiro atoms. The van der Waals surface area contributed by atoms with E-state index in [-0.39, 0.29) is 5.91 Å². The monoisotopic (exact) mass is 193 g/mol. The van der Waals surface area contributed by atoms with Gasteiger partial charge in [-0.1, -0.05) is 12.5 Å². The number of amides is 1. The summed E-state index contributed by atoms with van der Waals surface area (Å²) >= 11 is 0. The van der Waals surface area contributed by atoms with Gasteiger partial charge in [-0.15, -0.1) is 0 Å². The fourth-order valence-electron chi connectivity index (χ4n) is 2.63. The van der Waals surface area contributed by atoms with Gasteiger partial charge >= 0.3 is 0 Å². The summed E-state index contributed by atoms with van der Waals surface area (Å²) in [5.41, 5.74) is 0.646. The highest BCUT2D eigenvalue weighted by Gasteiger charge is 2.39. The lowest BCUT2D eigenvalue weighted by Crippen LogP contribution is -2.45. The highest BCUT2D eigenvalue weighted by molar-refractivity contribution is 5.87. The lowest BCUT2D eigenvalue weighted by Gasteiger charge is -2.47. The van der Waals surface area contributed by atoms with E-state index in [2.05, 4.69) is 0 Å². The van der Waals surface area contributed by atoms with Crippen molar-refractivity contribution >= 4 is 5.91 Å². The predicted molar refractivity (Wildman–Crippen MR) is 56.9 cm³/mol. The second-order valence-corrected chi connectivity index (χ2v) is 4.68. The van der Waals surface area contributed by atoms with E-state index in [9.17, 15) is 4.79 Å². The SMILES string of the molecule is C/C=C/C(=O)N1CCC2(CCC2)CC1. The Bertz CT molecular complexity index is 243. The molecule has 0 unspecified atom stereocenters. The fourth-order valence-corrected chi connectivity index (χ4v) is 2.63. The van der Waals surface area contributed by atoms with E-state index in [4.69, 9.17) is 0 Å². The number of allylic oxidation sites excluding steroid dienone is 1. The summed E-state index contributed by atoms with van der Waals surface area (Å²) in [6.45, 7) is 3.85. The molecule has 1 saturated heterocycles. The third kappa shape index (κ3) is 1.70. The van der Waals surface area contributed by atoms with Crippen LogP contribution in [0.1, 0.15) is 39.0 Å². The van der Waals surface area contributed by atoms with Crippen LogP contribution in [0.25, 0.3) is 0 Å². The summed E-state index contributed by atoms with van der Waals surface area (Å²) < 4.78 is 0. The summed E-state index contributed by atoms with van der Waals surface area (Å²) in [7, 11) is 0. The molecule has 2 aliphatic rings. The minimum absolute atomic E-state index is 0.196. The zero-order chi connectivity index (χ0) is 10.0. The van der Waals surface area contributed by atoms with Crippen LogP contribution in [0.3, 0.4) is 0 Å². The average molecular weight is 193 g/mol. The Morgan fingerprint density at radius 2 is 1.86 bits per heavy atom. The highest BCUT2D eigenvalue weighted by Crippen LogP contribution is 2.48. The Hall–Kier alpha value is -0.790. The molecule has 78 valence electrons. The Morgan fingerprint density at radius 1 is 1.21 bits per heavy atom. The summed E-state index contributed by atoms with van der Waals surface area (Å²) in [5, 5.41) is 0. The van der Waals surface area contributed by atoms with E-state index < -0.39 is 0 Å². The summed E-state index contributed by atoms with van der Waals surface area (Å²) in [6, 6.07) is 0. The van der Waals surface area contributed by atoms with Crippen LogP contribution in [-0.2, 0) is 4.79 Å². The number of carbonyl (C=O) groups excluding carboxylic acids is 1. The van der Waals surface area contributed by atoms with Crippen molar-refractivity contribution < 1.29 is 4.79 Å². The third-order valence-electron chi connectivity index (χ3n) is 3.86. The first-order chi connectivity index (χ1) is 6.76. The van der Waals surface area contributed by atoms with Gasteiger partial charge in [0.25, 0.3) is 0 Å². The van der Waals surface area contributed by atoms with Crippen LogP contribution in [0, 0.1) is 5.41 Å². The summed E-state index contributed by atoms with van der Waals surface area (Å²) in [5.74, 6) is 0.196. The number of likely N-dealkylation sites (tertiary alicyclic amines) is 1. The zero-order valence-corrected chi connectivity index (χ0v) is 8.96. The van der Waals surface area contributed by atoms with Crippen molar-refractivity contribution in [2.45, 2.75) is 39.0 Å². The topological polar surface area (TPSA) is 20.3 Å². The second kappa shape index (κ2) is 3.76. The quantitative estimate of drug-likeness (QED) is 0.585. The normalized spacial score (nSPS) is 25.4. The maximum Gasteiger partial charge on any atom is 0.246 e. The molecule has 0 atom stereocenters. The second-order valence-electron chi connectivity index (χ2n) is 4.68. The van der Waals surface area contributed by atoms with Crippen molar-refractivity contribution in [1.29, 1.82) is 0 Å². The van der Waals surface area contributed by atoms with Gasteiger partial charge < -0.3 is 4.90 Å². The number of hydrogen-bond donors (Lipinski definition) is 0. The molecule has 14 heavy (non-hydrogen) atoms. The van der Waals surface area contributed by atoms with Crippen LogP contribution < -0.4 is 0 Å². The molecule has 1 amide bonds. The lowest BCUT2D eigenvalue weighted by molar-refractivity contribution is -0.129. The van der Waals surface area contributed by atoms with Crippen molar-refractivity contribution in [3.8, 4) is 0 Å². The molecular weight excluding hydrogens is 174 g/mol. The van der Waals surface area contributed by atoms with Gasteiger partial charge in [0.2, 0.25) is 5.91 Å². The first kappa shape index (κ1) is 9.75. The maximum absolute atomic E-state index is 11.6. The van der Waals surface area contributed by atoms with E-state index in [0.29, 0.717) is 5.41 Å². The van der Waals surface area contributed by atoms with Gasteiger partial charge in [-0.2, -0.15) is 0 Å². The van der Waals surface area contributed by atoms with E-state index in [1.807, 2.05) is 17.9 Å². The van der Waals surface area contributed by atoms with E-state index in [1.54, 1.807) is 6.08 Å². The van der Waals surface area contributed by atoms with Crippen LogP contribution in [-0.4, -0.2) is 23.9 Å². The first-order valence-electron chi connectivity index (χ1n) is 5.67. The minimum atomic E-state index is 0.196. The molecule has 2 fully saturated rings. The van der Waals surface area contributed by atoms with Gasteiger partial charge in [-0.3, -0.25) is 4.79 Å². The molecule has 0 bridgehead atoms. The number of hydrogen-bond acceptors (Lipinski definition) is 1. The summed E-state index contributed by atoms with van der Waals surface area (Å²) in [6.07, 6.45) is 10.2. The van der Waals surface area contributed by atoms with Crippen molar-refractivity contribution in [1.82, 2.24) is 4.90 Å². The number of carbonyl (C=O) groups is 1. The molecule has 0 aromatic rings. The van der Waals surface area contributed by atoms with Crippen molar-refractivity contribution in [2.24, 2.45) is 5.41 Å². The molecule has 2 heteroatoms. The molecule has 0 N–H and O–H groups in total. The van der Waals surface area contributed by atoms with Crippen LogP contribution in [0.2, 0.25) is 0 Å². The van der Waals surface area contributed by atoms with Crippen LogP contribution in [0.5, 0.6) is 0 Å². The first-order valence-corrected chi connectivity index (χ1v) is 5.67. The standard InChI is InChI=1S/C12H19NO/c1-2-4-11(14)13-9-7-12(8-10-13)5-3-6-12/h2,4H,3,5-10H2,1H3/b4-2+. The van der Waals surface area contributed by atoms with E-state index in [1.165, 1.54) is 32.1 Å². The van der Waals surface area contributed by atoms with Gasteiger partial charge in [-0.05, 0) is 44.1 Å². The molecule has 2 nitrogen and oxygen atoms in total. The van der Waals surface area contributed by atoms with Gasteiger partial charge in [0.1, 0.15) is 0 Å². The van der Waals surface area contributed by atoms with Crippen LogP contribution in [0.15, 0.2) is 12.2 Å². The van der Waals surface area contributed by atoms with Gasteiger partial charge in [0.05, 0.1) is 0 Å². The molecule has 2 rings (SSSR count). The predicted octanol–water partition coefficient (Wildman–Crippen LogP) is 2.36. The van der Waals surface area contributed by atoms with Crippen molar-refractivity contribution in [3.63, 3.8) is 0 Å². The minimum Gasteiger partial charge on any atom is -0.339 e. The zero-order valence-electron chi connectivity index (χ0n) is 8.96. The largest absolute Gasteiger partial charge is 0.339 e. The highest BCUT2D eigenvalue weighted by atomic mass is 16.2. The van der Waals surface area contributed by atoms with Crippen LogP contribution >= 0.6 is 0 Å². The van der Waals surface area contributed by atoms with Gasteiger partial charge in [-0.25, -0.2) is 0 Å². The Kier molecular flexibility index (Phi) is 2.62. The van der Waals surface area contributed by atoms with Gasteiger partial charge in [0.15, 0.2) is 0 Å². The molecule has 0 aromatic carbocycles. The summed E-state index contributed by atoms with van der Waals surface area (Å²) in [4.78, 5) is 13.5. The average Bonchev–Trinajstić information content (AvgIpc) is 2.16. The Labute approximate surface area is 86.0 Å². The van der Waals surface area contributed by atoms with Gasteiger partial charge in [0, 0.05) is 13.1 Å². The van der Waals surface area contributed by atoms with E-state index >= 15 is 0 Å². The lowest BCUT2D eigenvalue weighted by atomic mass is 9.63. The Morgan fingerprint density at radius 3 is 2.29 bits per heavy atom. The molecule has 0 aromatic heterocycles. The third-order valence-corrected chi connectivity index (χ3v) is 3.86. The maximum atomic E-state index is 11.6. The Balaban J connectivity index is 1.86. The number of piperidine rings is 1. The number of nitrogens with zero attached hydrogens (tertiary/aromatic N) is 1. The smallest absolute Gasteiger partial charge is 0.246 e. The number of rotatable bonds is 1. The fraction of sp³-hybridized carbons (Fsp3) is 0.750. The molecule has 0 radical (unpaired) electrons. The van der Waals surface area contributed by atoms with Crippen molar-refractivity contribution in [3.05, 3.63) is 12.2 Å². The molecular formula is C12H19NO. The molecule has 1 aliphatic carbocycles.